The molecule has 0 heterocycles. The molecule has 114 valence electrons. The third-order valence-corrected chi connectivity index (χ3v) is 3.13. The molecule has 0 unspecified atom stereocenters. The fourth-order valence-corrected chi connectivity index (χ4v) is 2.29. The first kappa shape index (κ1) is 16.0. The first-order chi connectivity index (χ1) is 10.5. The van der Waals surface area contributed by atoms with Gasteiger partial charge in [0.25, 0.3) is 0 Å². The molecular formula is C17H16O5. The van der Waals surface area contributed by atoms with Crippen molar-refractivity contribution in [1.82, 2.24) is 0 Å². The highest BCUT2D eigenvalue weighted by atomic mass is 16.7. The fourth-order valence-electron chi connectivity index (χ4n) is 2.29. The summed E-state index contributed by atoms with van der Waals surface area (Å²) in [5.74, 6) is 10.8. The zero-order valence-electron chi connectivity index (χ0n) is 12.5. The van der Waals surface area contributed by atoms with E-state index in [1.807, 2.05) is 0 Å². The Hall–Kier alpha value is -2.34. The molecule has 5 heteroatoms. The summed E-state index contributed by atoms with van der Waals surface area (Å²) in [6.45, 7) is 1.32. The van der Waals surface area contributed by atoms with E-state index >= 15 is 0 Å². The van der Waals surface area contributed by atoms with Gasteiger partial charge in [-0.3, -0.25) is 9.59 Å². The molecule has 2 aliphatic carbocycles. The van der Waals surface area contributed by atoms with Gasteiger partial charge in [0, 0.05) is 20.5 Å². The van der Waals surface area contributed by atoms with Gasteiger partial charge in [0.2, 0.25) is 0 Å². The molecule has 2 aliphatic rings. The first-order valence-electron chi connectivity index (χ1n) is 6.77. The van der Waals surface area contributed by atoms with Gasteiger partial charge in [-0.15, -0.1) is 0 Å². The quantitative estimate of drug-likeness (QED) is 0.443. The van der Waals surface area contributed by atoms with Crippen LogP contribution in [-0.2, 0) is 23.8 Å². The molecule has 0 fully saturated rings. The summed E-state index contributed by atoms with van der Waals surface area (Å²) in [7, 11) is 1.50. The number of carbonyl (C=O) groups is 2. The summed E-state index contributed by atoms with van der Waals surface area (Å²) < 4.78 is 15.8. The largest absolute Gasteiger partial charge is 0.445 e. The minimum Gasteiger partial charge on any atom is -0.445 e. The Balaban J connectivity index is 2.41. The highest BCUT2D eigenvalue weighted by Crippen LogP contribution is 2.32. The lowest BCUT2D eigenvalue weighted by Crippen LogP contribution is -2.40. The molecule has 0 spiro atoms. The third-order valence-electron chi connectivity index (χ3n) is 3.13. The molecule has 0 amide bonds. The third kappa shape index (κ3) is 4.08. The van der Waals surface area contributed by atoms with Gasteiger partial charge < -0.3 is 14.2 Å². The second kappa shape index (κ2) is 7.09. The first-order valence-corrected chi connectivity index (χ1v) is 6.77. The van der Waals surface area contributed by atoms with Gasteiger partial charge in [-0.05, 0) is 29.7 Å². The van der Waals surface area contributed by atoms with Gasteiger partial charge in [0.1, 0.15) is 12.4 Å². The van der Waals surface area contributed by atoms with Crippen molar-refractivity contribution >= 4 is 11.8 Å². The smallest absolute Gasteiger partial charge is 0.304 e. The maximum Gasteiger partial charge on any atom is 0.304 e. The molecule has 0 saturated heterocycles. The van der Waals surface area contributed by atoms with Crippen molar-refractivity contribution in [2.75, 3.05) is 13.9 Å². The van der Waals surface area contributed by atoms with Crippen LogP contribution in [0.1, 0.15) is 19.8 Å². The van der Waals surface area contributed by atoms with Gasteiger partial charge >= 0.3 is 5.97 Å². The SMILES string of the molecule is COCO[C@@]12C#C/C=C\C#C[C@H](OC(C)=O)C(=CC(=O)C1)C2. The van der Waals surface area contributed by atoms with Crippen LogP contribution >= 0.6 is 0 Å². The standard InChI is InChI=1S/C17H16O5/c1-13(18)22-16-7-5-3-4-6-8-17(21-12-20-2)10-14(16)9-15(19)11-17/h3-4,9,16H,10-12H2,1-2H3/b4-3-/t16-,17+/m0/s1. The number of hydrogen-bond donors (Lipinski definition) is 0. The highest BCUT2D eigenvalue weighted by Gasteiger charge is 2.39. The Kier molecular flexibility index (Phi) is 5.16. The number of hydrogen-bond acceptors (Lipinski definition) is 5. The molecular weight excluding hydrogens is 284 g/mol. The highest BCUT2D eigenvalue weighted by molar-refractivity contribution is 5.93. The van der Waals surface area contributed by atoms with E-state index in [0.29, 0.717) is 12.0 Å². The van der Waals surface area contributed by atoms with E-state index in [1.54, 1.807) is 12.2 Å². The van der Waals surface area contributed by atoms with E-state index in [9.17, 15) is 9.59 Å². The van der Waals surface area contributed by atoms with Crippen LogP contribution in [0.4, 0.5) is 0 Å². The minimum atomic E-state index is -0.987. The lowest BCUT2D eigenvalue weighted by atomic mass is 9.82. The Morgan fingerprint density at radius 1 is 1.36 bits per heavy atom. The average Bonchev–Trinajstić information content (AvgIpc) is 2.46. The molecule has 0 N–H and O–H groups in total. The van der Waals surface area contributed by atoms with E-state index in [-0.39, 0.29) is 19.0 Å². The Morgan fingerprint density at radius 3 is 2.86 bits per heavy atom. The second-order valence-electron chi connectivity index (χ2n) is 4.97. The van der Waals surface area contributed by atoms with Crippen LogP contribution in [0.5, 0.6) is 0 Å². The molecule has 0 aliphatic heterocycles. The summed E-state index contributed by atoms with van der Waals surface area (Å²) >= 11 is 0. The van der Waals surface area contributed by atoms with Crippen molar-refractivity contribution in [2.45, 2.75) is 31.5 Å². The van der Waals surface area contributed by atoms with Crippen molar-refractivity contribution in [1.29, 1.82) is 0 Å². The predicted molar refractivity (Wildman–Crippen MR) is 78.3 cm³/mol. The molecule has 0 aromatic rings. The summed E-state index contributed by atoms with van der Waals surface area (Å²) in [4.78, 5) is 23.3. The van der Waals surface area contributed by atoms with Gasteiger partial charge in [-0.1, -0.05) is 17.8 Å². The van der Waals surface area contributed by atoms with Crippen LogP contribution < -0.4 is 0 Å². The number of ether oxygens (including phenoxy) is 3. The Morgan fingerprint density at radius 2 is 2.14 bits per heavy atom. The lowest BCUT2D eigenvalue weighted by molar-refractivity contribution is -0.144. The van der Waals surface area contributed by atoms with Gasteiger partial charge in [0.15, 0.2) is 11.9 Å². The van der Waals surface area contributed by atoms with Gasteiger partial charge in [0.05, 0.1) is 6.42 Å². The molecule has 2 rings (SSSR count). The van der Waals surface area contributed by atoms with Crippen LogP contribution in [0, 0.1) is 23.7 Å². The zero-order chi connectivity index (χ0) is 16.0. The fraction of sp³-hybridized carbons (Fsp3) is 0.412. The van der Waals surface area contributed by atoms with Crippen LogP contribution in [-0.4, -0.2) is 37.4 Å². The van der Waals surface area contributed by atoms with Gasteiger partial charge in [-0.25, -0.2) is 0 Å². The van der Waals surface area contributed by atoms with Crippen molar-refractivity contribution < 1.29 is 23.8 Å². The number of methoxy groups -OCH3 is 1. The molecule has 0 radical (unpaired) electrons. The number of ketones is 1. The molecule has 2 bridgehead atoms. The van der Waals surface area contributed by atoms with E-state index < -0.39 is 17.7 Å². The summed E-state index contributed by atoms with van der Waals surface area (Å²) in [5, 5.41) is 0. The van der Waals surface area contributed by atoms with Crippen molar-refractivity contribution in [2.24, 2.45) is 0 Å². The van der Waals surface area contributed by atoms with Crippen molar-refractivity contribution in [3.05, 3.63) is 23.8 Å². The number of esters is 1. The van der Waals surface area contributed by atoms with E-state index in [0.717, 1.165) is 0 Å². The minimum absolute atomic E-state index is 0.0167. The van der Waals surface area contributed by atoms with Crippen LogP contribution in [0.3, 0.4) is 0 Å². The van der Waals surface area contributed by atoms with E-state index in [1.165, 1.54) is 20.1 Å². The summed E-state index contributed by atoms with van der Waals surface area (Å²) in [6, 6.07) is 0. The maximum absolute atomic E-state index is 12.1. The van der Waals surface area contributed by atoms with E-state index in [4.69, 9.17) is 14.2 Å². The van der Waals surface area contributed by atoms with E-state index in [2.05, 4.69) is 23.7 Å². The maximum atomic E-state index is 12.1. The van der Waals surface area contributed by atoms with Gasteiger partial charge in [-0.2, -0.15) is 0 Å². The molecule has 2 atom stereocenters. The topological polar surface area (TPSA) is 61.8 Å². The Labute approximate surface area is 129 Å². The molecule has 0 saturated carbocycles. The number of fused-ring (bicyclic) bond motifs is 2. The molecule has 0 aromatic carbocycles. The number of rotatable bonds is 4. The lowest BCUT2D eigenvalue weighted by Gasteiger charge is -2.33. The Bertz CT molecular complexity index is 650. The van der Waals surface area contributed by atoms with Crippen LogP contribution in [0.25, 0.3) is 0 Å². The van der Waals surface area contributed by atoms with Crippen molar-refractivity contribution in [3.63, 3.8) is 0 Å². The number of carbonyl (C=O) groups excluding carboxylic acids is 2. The summed E-state index contributed by atoms with van der Waals surface area (Å²) in [5.41, 5.74) is -0.404. The zero-order valence-corrected chi connectivity index (χ0v) is 12.5. The molecule has 5 nitrogen and oxygen atoms in total. The molecule has 22 heavy (non-hydrogen) atoms. The van der Waals surface area contributed by atoms with Crippen LogP contribution in [0.2, 0.25) is 0 Å². The van der Waals surface area contributed by atoms with Crippen molar-refractivity contribution in [3.8, 4) is 23.7 Å². The number of allylic oxidation sites excluding steroid dienone is 3. The normalized spacial score (nSPS) is 27.5. The summed E-state index contributed by atoms with van der Waals surface area (Å²) in [6.07, 6.45) is 4.28. The predicted octanol–water partition coefficient (Wildman–Crippen LogP) is 1.14. The van der Waals surface area contributed by atoms with Crippen LogP contribution in [0.15, 0.2) is 23.8 Å². The molecule has 0 aromatic heterocycles. The second-order valence-corrected chi connectivity index (χ2v) is 4.97. The monoisotopic (exact) mass is 300 g/mol. The average molecular weight is 300 g/mol.